The van der Waals surface area contributed by atoms with Gasteiger partial charge in [0.2, 0.25) is 0 Å². The molecule has 0 aliphatic heterocycles. The summed E-state index contributed by atoms with van der Waals surface area (Å²) in [4.78, 5) is 0. The minimum atomic E-state index is 0.557. The van der Waals surface area contributed by atoms with Crippen LogP contribution in [-0.2, 0) is 0 Å². The molecule has 0 heterocycles. The second-order valence-electron chi connectivity index (χ2n) is 4.12. The molecule has 0 nitrogen and oxygen atoms in total. The smallest absolute Gasteiger partial charge is 0.0248 e. The number of hydrogen-bond donors (Lipinski definition) is 0. The van der Waals surface area contributed by atoms with Crippen molar-refractivity contribution in [1.29, 1.82) is 0 Å². The van der Waals surface area contributed by atoms with E-state index in [0.717, 1.165) is 24.0 Å². The third-order valence-electron chi connectivity index (χ3n) is 2.90. The van der Waals surface area contributed by atoms with Crippen molar-refractivity contribution in [3.8, 4) is 11.8 Å². The Hall–Kier alpha value is -1.74. The summed E-state index contributed by atoms with van der Waals surface area (Å²) >= 11 is 0. The second kappa shape index (κ2) is 5.37. The zero-order valence-corrected chi connectivity index (χ0v) is 9.45. The Morgan fingerprint density at radius 1 is 1.19 bits per heavy atom. The molecule has 1 aliphatic rings. The molecule has 0 saturated carbocycles. The highest BCUT2D eigenvalue weighted by molar-refractivity contribution is 5.40. The van der Waals surface area contributed by atoms with Crippen molar-refractivity contribution in [2.24, 2.45) is 5.92 Å². The van der Waals surface area contributed by atoms with Crippen LogP contribution >= 0.6 is 0 Å². The van der Waals surface area contributed by atoms with Gasteiger partial charge < -0.3 is 0 Å². The minimum absolute atomic E-state index is 0.557. The molecule has 0 radical (unpaired) electrons. The van der Waals surface area contributed by atoms with E-state index in [2.05, 4.69) is 30.6 Å². The molecule has 1 unspecified atom stereocenters. The Kier molecular flexibility index (Phi) is 3.62. The van der Waals surface area contributed by atoms with Gasteiger partial charge in [0.05, 0.1) is 0 Å². The SMILES string of the molecule is C=C(C#Cc1ccccc1)C1CC=CCC1. The zero-order valence-electron chi connectivity index (χ0n) is 9.45. The van der Waals surface area contributed by atoms with Gasteiger partial charge in [-0.3, -0.25) is 0 Å². The van der Waals surface area contributed by atoms with Crippen molar-refractivity contribution in [2.75, 3.05) is 0 Å². The van der Waals surface area contributed by atoms with Crippen LogP contribution in [0.2, 0.25) is 0 Å². The largest absolute Gasteiger partial charge is 0.0885 e. The molecular weight excluding hydrogens is 192 g/mol. The van der Waals surface area contributed by atoms with E-state index < -0.39 is 0 Å². The summed E-state index contributed by atoms with van der Waals surface area (Å²) in [7, 11) is 0. The van der Waals surface area contributed by atoms with Gasteiger partial charge in [0, 0.05) is 5.56 Å². The maximum absolute atomic E-state index is 4.09. The first kappa shape index (κ1) is 10.8. The fraction of sp³-hybridized carbons (Fsp3) is 0.250. The average molecular weight is 208 g/mol. The monoisotopic (exact) mass is 208 g/mol. The van der Waals surface area contributed by atoms with Gasteiger partial charge in [-0.2, -0.15) is 0 Å². The van der Waals surface area contributed by atoms with Gasteiger partial charge in [-0.25, -0.2) is 0 Å². The summed E-state index contributed by atoms with van der Waals surface area (Å²) in [5.41, 5.74) is 2.14. The molecule has 1 atom stereocenters. The molecule has 0 saturated heterocycles. The summed E-state index contributed by atoms with van der Waals surface area (Å²) < 4.78 is 0. The molecule has 1 aromatic carbocycles. The van der Waals surface area contributed by atoms with Crippen LogP contribution in [0.3, 0.4) is 0 Å². The Balaban J connectivity index is 2.02. The highest BCUT2D eigenvalue weighted by Crippen LogP contribution is 2.24. The molecule has 0 aromatic heterocycles. The molecule has 0 amide bonds. The van der Waals surface area contributed by atoms with Crippen LogP contribution < -0.4 is 0 Å². The van der Waals surface area contributed by atoms with Crippen molar-refractivity contribution < 1.29 is 0 Å². The molecule has 16 heavy (non-hydrogen) atoms. The van der Waals surface area contributed by atoms with Crippen molar-refractivity contribution in [1.82, 2.24) is 0 Å². The number of benzene rings is 1. The normalized spacial score (nSPS) is 18.6. The Bertz CT molecular complexity index is 440. The molecule has 80 valence electrons. The zero-order chi connectivity index (χ0) is 11.2. The Labute approximate surface area is 97.7 Å². The van der Waals surface area contributed by atoms with Crippen LogP contribution in [0.1, 0.15) is 24.8 Å². The first-order chi connectivity index (χ1) is 7.86. The molecule has 0 fully saturated rings. The molecule has 1 aromatic rings. The quantitative estimate of drug-likeness (QED) is 0.484. The Morgan fingerprint density at radius 2 is 2.00 bits per heavy atom. The van der Waals surface area contributed by atoms with Crippen molar-refractivity contribution in [3.05, 3.63) is 60.2 Å². The van der Waals surface area contributed by atoms with E-state index in [1.54, 1.807) is 0 Å². The fourth-order valence-electron chi connectivity index (χ4n) is 1.89. The topological polar surface area (TPSA) is 0 Å². The fourth-order valence-corrected chi connectivity index (χ4v) is 1.89. The van der Waals surface area contributed by atoms with Crippen LogP contribution in [-0.4, -0.2) is 0 Å². The summed E-state index contributed by atoms with van der Waals surface area (Å²) in [5.74, 6) is 6.92. The maximum atomic E-state index is 4.09. The molecule has 0 heteroatoms. The van der Waals surface area contributed by atoms with E-state index in [1.165, 1.54) is 6.42 Å². The van der Waals surface area contributed by atoms with Gasteiger partial charge in [-0.15, -0.1) is 0 Å². The molecule has 0 bridgehead atoms. The van der Waals surface area contributed by atoms with Gasteiger partial charge in [-0.1, -0.05) is 48.8 Å². The highest BCUT2D eigenvalue weighted by atomic mass is 14.1. The van der Waals surface area contributed by atoms with E-state index in [1.807, 2.05) is 30.3 Å². The standard InChI is InChI=1S/C16H16/c1-14(16-10-6-3-7-11-16)12-13-15-8-4-2-5-9-15/h2-6,8-9,16H,1,7,10-11H2. The molecule has 0 N–H and O–H groups in total. The van der Waals surface area contributed by atoms with Crippen LogP contribution in [0.4, 0.5) is 0 Å². The Morgan fingerprint density at radius 3 is 2.69 bits per heavy atom. The van der Waals surface area contributed by atoms with Crippen LogP contribution in [0.15, 0.2) is 54.6 Å². The van der Waals surface area contributed by atoms with Crippen LogP contribution in [0, 0.1) is 17.8 Å². The average Bonchev–Trinajstić information content (AvgIpc) is 2.38. The van der Waals surface area contributed by atoms with Gasteiger partial charge in [0.15, 0.2) is 0 Å². The van der Waals surface area contributed by atoms with Gasteiger partial charge in [0.1, 0.15) is 0 Å². The lowest BCUT2D eigenvalue weighted by molar-refractivity contribution is 0.568. The van der Waals surface area contributed by atoms with Crippen LogP contribution in [0.25, 0.3) is 0 Å². The molecule has 1 aliphatic carbocycles. The third kappa shape index (κ3) is 2.87. The predicted octanol–water partition coefficient (Wildman–Crippen LogP) is 3.95. The summed E-state index contributed by atoms with van der Waals surface area (Å²) in [6, 6.07) is 10.1. The van der Waals surface area contributed by atoms with Crippen molar-refractivity contribution >= 4 is 0 Å². The second-order valence-corrected chi connectivity index (χ2v) is 4.12. The van der Waals surface area contributed by atoms with Crippen molar-refractivity contribution in [2.45, 2.75) is 19.3 Å². The third-order valence-corrected chi connectivity index (χ3v) is 2.90. The molecule has 2 rings (SSSR count). The van der Waals surface area contributed by atoms with Crippen molar-refractivity contribution in [3.63, 3.8) is 0 Å². The number of rotatable bonds is 1. The lowest BCUT2D eigenvalue weighted by Gasteiger charge is -2.16. The van der Waals surface area contributed by atoms with Gasteiger partial charge >= 0.3 is 0 Å². The summed E-state index contributed by atoms with van der Waals surface area (Å²) in [6.07, 6.45) is 7.94. The lowest BCUT2D eigenvalue weighted by atomic mass is 9.88. The predicted molar refractivity (Wildman–Crippen MR) is 68.9 cm³/mol. The first-order valence-corrected chi connectivity index (χ1v) is 5.77. The molecular formula is C16H16. The van der Waals surface area contributed by atoms with Gasteiger partial charge in [-0.05, 0) is 42.9 Å². The molecule has 0 spiro atoms. The first-order valence-electron chi connectivity index (χ1n) is 5.77. The number of allylic oxidation sites excluding steroid dienone is 3. The maximum Gasteiger partial charge on any atom is 0.0248 e. The lowest BCUT2D eigenvalue weighted by Crippen LogP contribution is -2.03. The van der Waals surface area contributed by atoms with E-state index in [4.69, 9.17) is 0 Å². The van der Waals surface area contributed by atoms with E-state index in [-0.39, 0.29) is 0 Å². The van der Waals surface area contributed by atoms with E-state index >= 15 is 0 Å². The summed E-state index contributed by atoms with van der Waals surface area (Å²) in [6.45, 7) is 4.09. The minimum Gasteiger partial charge on any atom is -0.0885 e. The summed E-state index contributed by atoms with van der Waals surface area (Å²) in [5, 5.41) is 0. The highest BCUT2D eigenvalue weighted by Gasteiger charge is 2.11. The van der Waals surface area contributed by atoms with E-state index in [9.17, 15) is 0 Å². The van der Waals surface area contributed by atoms with Crippen LogP contribution in [0.5, 0.6) is 0 Å². The number of hydrogen-bond acceptors (Lipinski definition) is 0. The van der Waals surface area contributed by atoms with Gasteiger partial charge in [0.25, 0.3) is 0 Å². The van der Waals surface area contributed by atoms with E-state index in [0.29, 0.717) is 5.92 Å².